The molecule has 0 aromatic carbocycles. The SMILES string of the molecule is [C-]#[N+]C(C#N)=C1N(CCCN2CCCCC2)CCN1CCN1CCCC1C. The van der Waals surface area contributed by atoms with Crippen molar-refractivity contribution in [2.45, 2.75) is 51.5 Å². The predicted molar refractivity (Wildman–Crippen MR) is 108 cm³/mol. The van der Waals surface area contributed by atoms with Gasteiger partial charge in [-0.2, -0.15) is 0 Å². The number of nitriles is 1. The molecule has 0 aromatic rings. The van der Waals surface area contributed by atoms with Crippen molar-refractivity contribution in [3.8, 4) is 6.07 Å². The summed E-state index contributed by atoms with van der Waals surface area (Å²) in [5.74, 6) is 0.887. The fourth-order valence-electron chi connectivity index (χ4n) is 4.76. The van der Waals surface area contributed by atoms with Crippen LogP contribution in [0.25, 0.3) is 4.85 Å². The van der Waals surface area contributed by atoms with Gasteiger partial charge >= 0.3 is 5.70 Å². The topological polar surface area (TPSA) is 41.1 Å². The molecular weight excluding hydrogens is 336 g/mol. The van der Waals surface area contributed by atoms with Gasteiger partial charge in [0.2, 0.25) is 0 Å². The Labute approximate surface area is 164 Å². The lowest BCUT2D eigenvalue weighted by atomic mass is 10.1. The molecule has 0 spiro atoms. The van der Waals surface area contributed by atoms with Crippen molar-refractivity contribution in [3.05, 3.63) is 22.9 Å². The highest BCUT2D eigenvalue weighted by molar-refractivity contribution is 5.33. The lowest BCUT2D eigenvalue weighted by molar-refractivity contribution is 0.211. The van der Waals surface area contributed by atoms with Crippen LogP contribution in [-0.2, 0) is 0 Å². The van der Waals surface area contributed by atoms with Crippen LogP contribution in [0.3, 0.4) is 0 Å². The summed E-state index contributed by atoms with van der Waals surface area (Å²) in [6.07, 6.45) is 7.71. The maximum atomic E-state index is 9.48. The van der Waals surface area contributed by atoms with Crippen LogP contribution in [0.2, 0.25) is 0 Å². The van der Waals surface area contributed by atoms with Gasteiger partial charge in [0.25, 0.3) is 0 Å². The summed E-state index contributed by atoms with van der Waals surface area (Å²) in [6, 6.07) is 2.81. The van der Waals surface area contributed by atoms with Crippen molar-refractivity contribution in [2.24, 2.45) is 0 Å². The molecule has 27 heavy (non-hydrogen) atoms. The molecule has 1 unspecified atom stereocenters. The van der Waals surface area contributed by atoms with E-state index in [9.17, 15) is 5.26 Å². The molecule has 0 N–H and O–H groups in total. The molecule has 0 aromatic heterocycles. The Kier molecular flexibility index (Phi) is 7.38. The number of hydrogen-bond donors (Lipinski definition) is 0. The lowest BCUT2D eigenvalue weighted by Gasteiger charge is -2.30. The van der Waals surface area contributed by atoms with E-state index in [4.69, 9.17) is 6.57 Å². The van der Waals surface area contributed by atoms with Crippen molar-refractivity contribution < 1.29 is 0 Å². The number of nitrogens with zero attached hydrogens (tertiary/aromatic N) is 6. The van der Waals surface area contributed by atoms with E-state index in [0.29, 0.717) is 6.04 Å². The van der Waals surface area contributed by atoms with Crippen LogP contribution >= 0.6 is 0 Å². The van der Waals surface area contributed by atoms with Gasteiger partial charge < -0.3 is 14.7 Å². The molecule has 3 heterocycles. The van der Waals surface area contributed by atoms with Crippen LogP contribution in [0.1, 0.15) is 45.4 Å². The molecule has 0 radical (unpaired) electrons. The number of piperidine rings is 1. The molecule has 6 heteroatoms. The zero-order valence-corrected chi connectivity index (χ0v) is 16.9. The number of likely N-dealkylation sites (tertiary alicyclic amines) is 2. The van der Waals surface area contributed by atoms with Gasteiger partial charge in [0, 0.05) is 38.8 Å². The zero-order chi connectivity index (χ0) is 19.1. The van der Waals surface area contributed by atoms with Crippen molar-refractivity contribution in [1.82, 2.24) is 19.6 Å². The molecular formula is C21H34N6. The summed E-state index contributed by atoms with van der Waals surface area (Å²) in [5, 5.41) is 9.48. The van der Waals surface area contributed by atoms with Crippen molar-refractivity contribution >= 4 is 0 Å². The minimum absolute atomic E-state index is 0.264. The molecule has 6 nitrogen and oxygen atoms in total. The third kappa shape index (κ3) is 5.15. The van der Waals surface area contributed by atoms with E-state index < -0.39 is 0 Å². The summed E-state index contributed by atoms with van der Waals surface area (Å²) in [7, 11) is 0. The molecule has 1 atom stereocenters. The van der Waals surface area contributed by atoms with Gasteiger partial charge in [-0.15, -0.1) is 0 Å². The third-order valence-corrected chi connectivity index (χ3v) is 6.37. The first-order valence-electron chi connectivity index (χ1n) is 10.7. The minimum atomic E-state index is 0.264. The van der Waals surface area contributed by atoms with E-state index in [-0.39, 0.29) is 5.70 Å². The molecule has 0 saturated carbocycles. The third-order valence-electron chi connectivity index (χ3n) is 6.37. The second-order valence-corrected chi connectivity index (χ2v) is 8.15. The van der Waals surface area contributed by atoms with Gasteiger partial charge in [0.1, 0.15) is 5.82 Å². The van der Waals surface area contributed by atoms with Gasteiger partial charge in [-0.3, -0.25) is 4.90 Å². The van der Waals surface area contributed by atoms with Crippen LogP contribution in [0.5, 0.6) is 0 Å². The van der Waals surface area contributed by atoms with E-state index in [2.05, 4.69) is 37.4 Å². The molecule has 0 aliphatic carbocycles. The van der Waals surface area contributed by atoms with E-state index in [1.165, 1.54) is 51.7 Å². The van der Waals surface area contributed by atoms with Crippen LogP contribution in [0.4, 0.5) is 0 Å². The van der Waals surface area contributed by atoms with Gasteiger partial charge in [0.15, 0.2) is 0 Å². The maximum Gasteiger partial charge on any atom is 0.300 e. The Balaban J connectivity index is 1.56. The van der Waals surface area contributed by atoms with Crippen molar-refractivity contribution in [1.29, 1.82) is 5.26 Å². The molecule has 0 amide bonds. The van der Waals surface area contributed by atoms with Crippen LogP contribution in [0.15, 0.2) is 11.5 Å². The quantitative estimate of drug-likeness (QED) is 0.509. The summed E-state index contributed by atoms with van der Waals surface area (Å²) in [5.41, 5.74) is 0.264. The van der Waals surface area contributed by atoms with Gasteiger partial charge in [0.05, 0.1) is 12.6 Å². The Bertz CT molecular complexity index is 579. The molecule has 3 fully saturated rings. The fraction of sp³-hybridized carbons (Fsp3) is 0.810. The van der Waals surface area contributed by atoms with E-state index >= 15 is 0 Å². The summed E-state index contributed by atoms with van der Waals surface area (Å²) in [6.45, 7) is 19.3. The van der Waals surface area contributed by atoms with E-state index in [1.807, 2.05) is 0 Å². The smallest absolute Gasteiger partial charge is 0.300 e. The van der Waals surface area contributed by atoms with E-state index in [0.717, 1.165) is 51.5 Å². The lowest BCUT2D eigenvalue weighted by Crippen LogP contribution is -2.36. The molecule has 148 valence electrons. The summed E-state index contributed by atoms with van der Waals surface area (Å²) in [4.78, 5) is 13.2. The molecule has 3 saturated heterocycles. The number of allylic oxidation sites excluding steroid dienone is 1. The number of hydrogen-bond acceptors (Lipinski definition) is 5. The largest absolute Gasteiger partial charge is 0.365 e. The first-order valence-corrected chi connectivity index (χ1v) is 10.7. The van der Waals surface area contributed by atoms with Crippen LogP contribution in [0, 0.1) is 17.9 Å². The normalized spacial score (nSPS) is 26.3. The maximum absolute atomic E-state index is 9.48. The van der Waals surface area contributed by atoms with Crippen LogP contribution < -0.4 is 0 Å². The predicted octanol–water partition coefficient (Wildman–Crippen LogP) is 2.58. The molecule has 3 rings (SSSR count). The van der Waals surface area contributed by atoms with Gasteiger partial charge in [-0.1, -0.05) is 6.42 Å². The second-order valence-electron chi connectivity index (χ2n) is 8.15. The standard InChI is InChI=1S/C21H34N6/c1-19-8-6-12-25(19)14-15-27-17-16-26(21(27)20(18-22)23-2)13-7-11-24-9-4-3-5-10-24/h19H,3-17H2,1H3. The molecule has 3 aliphatic rings. The Morgan fingerprint density at radius 3 is 2.37 bits per heavy atom. The second kappa shape index (κ2) is 9.97. The molecule has 0 bridgehead atoms. The Hall–Kier alpha value is -1.76. The number of rotatable bonds is 7. The minimum Gasteiger partial charge on any atom is -0.365 e. The fourth-order valence-corrected chi connectivity index (χ4v) is 4.76. The Morgan fingerprint density at radius 1 is 1.00 bits per heavy atom. The average molecular weight is 371 g/mol. The zero-order valence-electron chi connectivity index (χ0n) is 16.9. The molecule has 3 aliphatic heterocycles. The summed E-state index contributed by atoms with van der Waals surface area (Å²) >= 11 is 0. The average Bonchev–Trinajstić information content (AvgIpc) is 3.28. The highest BCUT2D eigenvalue weighted by Gasteiger charge is 2.29. The first kappa shape index (κ1) is 20.0. The monoisotopic (exact) mass is 370 g/mol. The van der Waals surface area contributed by atoms with E-state index in [1.54, 1.807) is 0 Å². The first-order chi connectivity index (χ1) is 13.2. The van der Waals surface area contributed by atoms with Gasteiger partial charge in [-0.25, -0.2) is 10.1 Å². The van der Waals surface area contributed by atoms with Crippen LogP contribution in [-0.4, -0.2) is 84.5 Å². The van der Waals surface area contributed by atoms with Crippen molar-refractivity contribution in [2.75, 3.05) is 58.9 Å². The van der Waals surface area contributed by atoms with Gasteiger partial charge in [-0.05, 0) is 65.2 Å². The highest BCUT2D eigenvalue weighted by Crippen LogP contribution is 2.24. The highest BCUT2D eigenvalue weighted by atomic mass is 15.4. The Morgan fingerprint density at radius 2 is 1.74 bits per heavy atom. The van der Waals surface area contributed by atoms with Crippen molar-refractivity contribution in [3.63, 3.8) is 0 Å². The summed E-state index contributed by atoms with van der Waals surface area (Å²) < 4.78 is 0.